The highest BCUT2D eigenvalue weighted by Gasteiger charge is 2.36. The third-order valence-electron chi connectivity index (χ3n) is 3.76. The maximum absolute atomic E-state index is 12.0. The molecule has 0 aliphatic heterocycles. The van der Waals surface area contributed by atoms with Crippen LogP contribution in [0.5, 0.6) is 0 Å². The smallest absolute Gasteiger partial charge is 0.344 e. The Kier molecular flexibility index (Phi) is 4.03. The maximum atomic E-state index is 12.0. The zero-order valence-electron chi connectivity index (χ0n) is 11.2. The Hall–Kier alpha value is -1.24. The first-order valence-electron chi connectivity index (χ1n) is 6.43. The van der Waals surface area contributed by atoms with Crippen LogP contribution in [0.25, 0.3) is 0 Å². The third kappa shape index (κ3) is 3.02. The quantitative estimate of drug-likeness (QED) is 0.825. The van der Waals surface area contributed by atoms with E-state index in [2.05, 4.69) is 24.0 Å². The summed E-state index contributed by atoms with van der Waals surface area (Å²) in [5.41, 5.74) is -0.210. The summed E-state index contributed by atoms with van der Waals surface area (Å²) in [6.07, 6.45) is 4.27. The first-order chi connectivity index (χ1) is 8.92. The molecule has 0 amide bonds. The molecule has 0 bridgehead atoms. The number of rotatable bonds is 4. The molecular formula is C12H19N3O3S. The number of H-pyrrole nitrogens is 1. The SMILES string of the molecule is CC1(C)CCCCC1n1c(SCC(=O)O)n[nH]c1=O. The highest BCUT2D eigenvalue weighted by molar-refractivity contribution is 7.99. The number of aliphatic carboxylic acids is 1. The van der Waals surface area contributed by atoms with Crippen molar-refractivity contribution < 1.29 is 9.90 Å². The summed E-state index contributed by atoms with van der Waals surface area (Å²) in [5, 5.41) is 15.6. The Bertz CT molecular complexity index is 521. The second-order valence-corrected chi connectivity index (χ2v) is 6.56. The molecular weight excluding hydrogens is 266 g/mol. The molecule has 106 valence electrons. The molecule has 1 saturated carbocycles. The Labute approximate surface area is 115 Å². The van der Waals surface area contributed by atoms with Crippen molar-refractivity contribution in [2.45, 2.75) is 50.7 Å². The fraction of sp³-hybridized carbons (Fsp3) is 0.750. The van der Waals surface area contributed by atoms with E-state index in [4.69, 9.17) is 5.11 Å². The Morgan fingerprint density at radius 3 is 2.95 bits per heavy atom. The molecule has 2 N–H and O–H groups in total. The van der Waals surface area contributed by atoms with Crippen LogP contribution in [0.15, 0.2) is 9.95 Å². The van der Waals surface area contributed by atoms with Gasteiger partial charge in [-0.25, -0.2) is 9.89 Å². The zero-order chi connectivity index (χ0) is 14.0. The van der Waals surface area contributed by atoms with E-state index in [1.807, 2.05) is 0 Å². The lowest BCUT2D eigenvalue weighted by molar-refractivity contribution is -0.133. The molecule has 1 unspecified atom stereocenters. The molecule has 0 spiro atoms. The second-order valence-electron chi connectivity index (χ2n) is 5.61. The van der Waals surface area contributed by atoms with Crippen LogP contribution < -0.4 is 5.69 Å². The lowest BCUT2D eigenvalue weighted by Gasteiger charge is -2.39. The lowest BCUT2D eigenvalue weighted by atomic mass is 9.73. The predicted octanol–water partition coefficient (Wildman–Crippen LogP) is 1.89. The van der Waals surface area contributed by atoms with E-state index in [1.54, 1.807) is 4.57 Å². The van der Waals surface area contributed by atoms with Crippen molar-refractivity contribution in [3.05, 3.63) is 10.5 Å². The molecule has 1 aromatic heterocycles. The van der Waals surface area contributed by atoms with Gasteiger partial charge in [0.05, 0.1) is 5.75 Å². The minimum atomic E-state index is -0.907. The number of hydrogen-bond acceptors (Lipinski definition) is 4. The fourth-order valence-corrected chi connectivity index (χ4v) is 3.46. The van der Waals surface area contributed by atoms with Crippen LogP contribution in [0.1, 0.15) is 45.6 Å². The molecule has 7 heteroatoms. The van der Waals surface area contributed by atoms with E-state index in [1.165, 1.54) is 6.42 Å². The highest BCUT2D eigenvalue weighted by atomic mass is 32.2. The van der Waals surface area contributed by atoms with E-state index >= 15 is 0 Å². The first kappa shape index (κ1) is 14.2. The molecule has 19 heavy (non-hydrogen) atoms. The molecule has 1 aromatic rings. The van der Waals surface area contributed by atoms with Crippen LogP contribution in [0.2, 0.25) is 0 Å². The Balaban J connectivity index is 2.30. The third-order valence-corrected chi connectivity index (χ3v) is 4.70. The van der Waals surface area contributed by atoms with Crippen molar-refractivity contribution in [1.29, 1.82) is 0 Å². The summed E-state index contributed by atoms with van der Waals surface area (Å²) < 4.78 is 1.65. The van der Waals surface area contributed by atoms with Crippen molar-refractivity contribution >= 4 is 17.7 Å². The molecule has 6 nitrogen and oxygen atoms in total. The maximum Gasteiger partial charge on any atom is 0.344 e. The number of nitrogens with zero attached hydrogens (tertiary/aromatic N) is 2. The summed E-state index contributed by atoms with van der Waals surface area (Å²) in [5.74, 6) is -0.993. The molecule has 0 aromatic carbocycles. The van der Waals surface area contributed by atoms with E-state index in [-0.39, 0.29) is 22.9 Å². The summed E-state index contributed by atoms with van der Waals surface area (Å²) >= 11 is 1.09. The van der Waals surface area contributed by atoms with Gasteiger partial charge in [-0.05, 0) is 18.3 Å². The second kappa shape index (κ2) is 5.40. The standard InChI is InChI=1S/C12H19N3O3S/c1-12(2)6-4-3-5-8(12)15-10(18)13-14-11(15)19-7-9(16)17/h8H,3-7H2,1-2H3,(H,13,18)(H,16,17). The van der Waals surface area contributed by atoms with E-state index in [0.29, 0.717) is 5.16 Å². The molecule has 1 atom stereocenters. The van der Waals surface area contributed by atoms with Gasteiger partial charge in [-0.3, -0.25) is 9.36 Å². The Morgan fingerprint density at radius 2 is 2.32 bits per heavy atom. The van der Waals surface area contributed by atoms with Crippen LogP contribution in [0.4, 0.5) is 0 Å². The van der Waals surface area contributed by atoms with Crippen molar-refractivity contribution in [2.75, 3.05) is 5.75 Å². The minimum absolute atomic E-state index is 0.0322. The monoisotopic (exact) mass is 285 g/mol. The van der Waals surface area contributed by atoms with Gasteiger partial charge in [0.2, 0.25) is 0 Å². The highest BCUT2D eigenvalue weighted by Crippen LogP contribution is 2.44. The van der Waals surface area contributed by atoms with Gasteiger partial charge in [0.15, 0.2) is 5.16 Å². The van der Waals surface area contributed by atoms with Crippen molar-refractivity contribution in [3.8, 4) is 0 Å². The topological polar surface area (TPSA) is 88.0 Å². The summed E-state index contributed by atoms with van der Waals surface area (Å²) in [6.45, 7) is 4.31. The number of aromatic amines is 1. The average molecular weight is 285 g/mol. The number of hydrogen-bond donors (Lipinski definition) is 2. The minimum Gasteiger partial charge on any atom is -0.481 e. The number of carbonyl (C=O) groups is 1. The van der Waals surface area contributed by atoms with Gasteiger partial charge < -0.3 is 5.11 Å². The van der Waals surface area contributed by atoms with Gasteiger partial charge in [-0.15, -0.1) is 5.10 Å². The summed E-state index contributed by atoms with van der Waals surface area (Å²) in [7, 11) is 0. The van der Waals surface area contributed by atoms with Crippen molar-refractivity contribution in [3.63, 3.8) is 0 Å². The van der Waals surface area contributed by atoms with E-state index in [9.17, 15) is 9.59 Å². The summed E-state index contributed by atoms with van der Waals surface area (Å²) in [4.78, 5) is 22.6. The average Bonchev–Trinajstić information content (AvgIpc) is 2.67. The first-order valence-corrected chi connectivity index (χ1v) is 7.42. The van der Waals surface area contributed by atoms with Gasteiger partial charge in [0.1, 0.15) is 0 Å². The van der Waals surface area contributed by atoms with Gasteiger partial charge in [-0.1, -0.05) is 38.5 Å². The van der Waals surface area contributed by atoms with Gasteiger partial charge in [-0.2, -0.15) is 0 Å². The number of aromatic nitrogens is 3. The molecule has 0 saturated heterocycles. The van der Waals surface area contributed by atoms with E-state index in [0.717, 1.165) is 31.0 Å². The van der Waals surface area contributed by atoms with Gasteiger partial charge in [0, 0.05) is 6.04 Å². The largest absolute Gasteiger partial charge is 0.481 e. The molecule has 1 aliphatic rings. The lowest BCUT2D eigenvalue weighted by Crippen LogP contribution is -2.36. The van der Waals surface area contributed by atoms with E-state index < -0.39 is 5.97 Å². The van der Waals surface area contributed by atoms with Crippen LogP contribution in [-0.2, 0) is 4.79 Å². The van der Waals surface area contributed by atoms with Crippen LogP contribution in [0.3, 0.4) is 0 Å². The van der Waals surface area contributed by atoms with Crippen molar-refractivity contribution in [1.82, 2.24) is 14.8 Å². The number of carboxylic acid groups (broad SMARTS) is 1. The summed E-state index contributed by atoms with van der Waals surface area (Å²) in [6, 6.07) is 0.0868. The fourth-order valence-electron chi connectivity index (χ4n) is 2.75. The molecule has 1 heterocycles. The van der Waals surface area contributed by atoms with Crippen LogP contribution >= 0.6 is 11.8 Å². The molecule has 0 radical (unpaired) electrons. The molecule has 2 rings (SSSR count). The molecule has 1 aliphatic carbocycles. The number of nitrogens with one attached hydrogen (secondary N) is 1. The number of carboxylic acids is 1. The van der Waals surface area contributed by atoms with Crippen LogP contribution in [0, 0.1) is 5.41 Å². The van der Waals surface area contributed by atoms with Crippen LogP contribution in [-0.4, -0.2) is 31.6 Å². The predicted molar refractivity (Wildman–Crippen MR) is 72.5 cm³/mol. The van der Waals surface area contributed by atoms with Gasteiger partial charge >= 0.3 is 11.7 Å². The molecule has 1 fully saturated rings. The Morgan fingerprint density at radius 1 is 1.58 bits per heavy atom. The zero-order valence-corrected chi connectivity index (χ0v) is 12.0. The normalized spacial score (nSPS) is 22.3. The van der Waals surface area contributed by atoms with Crippen molar-refractivity contribution in [2.24, 2.45) is 5.41 Å². The number of thioether (sulfide) groups is 1. The van der Waals surface area contributed by atoms with Gasteiger partial charge in [0.25, 0.3) is 0 Å².